The SMILES string of the molecule is O[C@H]1CC2(CCSCC2)Oc2ccc(Cl)cc21. The lowest BCUT2D eigenvalue weighted by molar-refractivity contribution is -0.0197. The fraction of sp³-hybridized carbons (Fsp3) is 0.538. The van der Waals surface area contributed by atoms with Gasteiger partial charge in [0, 0.05) is 17.0 Å². The van der Waals surface area contributed by atoms with Crippen LogP contribution in [0.3, 0.4) is 0 Å². The molecular formula is C13H15ClO2S. The average molecular weight is 271 g/mol. The maximum atomic E-state index is 10.3. The van der Waals surface area contributed by atoms with E-state index in [-0.39, 0.29) is 5.60 Å². The molecule has 4 heteroatoms. The van der Waals surface area contributed by atoms with E-state index < -0.39 is 6.10 Å². The molecule has 2 aliphatic heterocycles. The second-order valence-electron chi connectivity index (χ2n) is 4.80. The number of ether oxygens (including phenoxy) is 1. The van der Waals surface area contributed by atoms with Crippen molar-refractivity contribution in [2.75, 3.05) is 11.5 Å². The minimum atomic E-state index is -0.444. The number of thioether (sulfide) groups is 1. The van der Waals surface area contributed by atoms with E-state index in [0.717, 1.165) is 35.7 Å². The highest BCUT2D eigenvalue weighted by Gasteiger charge is 2.41. The van der Waals surface area contributed by atoms with Crippen molar-refractivity contribution >= 4 is 23.4 Å². The van der Waals surface area contributed by atoms with Gasteiger partial charge in [-0.1, -0.05) is 11.6 Å². The van der Waals surface area contributed by atoms with Crippen LogP contribution in [0.15, 0.2) is 18.2 Å². The molecule has 0 amide bonds. The van der Waals surface area contributed by atoms with E-state index in [2.05, 4.69) is 0 Å². The number of rotatable bonds is 0. The summed E-state index contributed by atoms with van der Waals surface area (Å²) in [5.41, 5.74) is 0.687. The molecule has 0 aromatic heterocycles. The molecule has 3 rings (SSSR count). The van der Waals surface area contributed by atoms with Gasteiger partial charge in [-0.3, -0.25) is 0 Å². The van der Waals surface area contributed by atoms with E-state index in [1.807, 2.05) is 30.0 Å². The van der Waals surface area contributed by atoms with Crippen LogP contribution in [0.2, 0.25) is 5.02 Å². The van der Waals surface area contributed by atoms with Crippen molar-refractivity contribution in [3.8, 4) is 5.75 Å². The van der Waals surface area contributed by atoms with Crippen LogP contribution < -0.4 is 4.74 Å². The summed E-state index contributed by atoms with van der Waals surface area (Å²) in [5.74, 6) is 3.05. The smallest absolute Gasteiger partial charge is 0.126 e. The summed E-state index contributed by atoms with van der Waals surface area (Å²) in [6, 6.07) is 5.51. The Morgan fingerprint density at radius 3 is 2.88 bits per heavy atom. The molecule has 17 heavy (non-hydrogen) atoms. The molecule has 2 nitrogen and oxygen atoms in total. The highest BCUT2D eigenvalue weighted by molar-refractivity contribution is 7.99. The first-order valence-electron chi connectivity index (χ1n) is 5.93. The van der Waals surface area contributed by atoms with Crippen molar-refractivity contribution in [2.24, 2.45) is 0 Å². The number of fused-ring (bicyclic) bond motifs is 1. The number of aliphatic hydroxyl groups excluding tert-OH is 1. The van der Waals surface area contributed by atoms with Crippen molar-refractivity contribution in [3.05, 3.63) is 28.8 Å². The number of aliphatic hydroxyl groups is 1. The van der Waals surface area contributed by atoms with Crippen molar-refractivity contribution in [2.45, 2.75) is 31.0 Å². The zero-order valence-corrected chi connectivity index (χ0v) is 11.1. The van der Waals surface area contributed by atoms with Crippen LogP contribution in [0, 0.1) is 0 Å². The lowest BCUT2D eigenvalue weighted by atomic mass is 9.84. The molecule has 1 atom stereocenters. The summed E-state index contributed by atoms with van der Waals surface area (Å²) in [5, 5.41) is 10.9. The molecule has 0 aliphatic carbocycles. The first kappa shape index (κ1) is 11.7. The second-order valence-corrected chi connectivity index (χ2v) is 6.46. The Morgan fingerprint density at radius 2 is 2.12 bits per heavy atom. The lowest BCUT2D eigenvalue weighted by Gasteiger charge is -2.43. The topological polar surface area (TPSA) is 29.5 Å². The zero-order valence-electron chi connectivity index (χ0n) is 9.49. The van der Waals surface area contributed by atoms with Crippen molar-refractivity contribution in [1.82, 2.24) is 0 Å². The molecule has 0 saturated carbocycles. The summed E-state index contributed by atoms with van der Waals surface area (Å²) >= 11 is 7.91. The molecule has 1 N–H and O–H groups in total. The Labute approximate surface area is 110 Å². The Morgan fingerprint density at radius 1 is 1.35 bits per heavy atom. The molecule has 92 valence electrons. The molecule has 0 radical (unpaired) electrons. The quantitative estimate of drug-likeness (QED) is 0.783. The first-order chi connectivity index (χ1) is 8.19. The fourth-order valence-corrected chi connectivity index (χ4v) is 4.08. The largest absolute Gasteiger partial charge is 0.487 e. The van der Waals surface area contributed by atoms with Crippen LogP contribution >= 0.6 is 23.4 Å². The van der Waals surface area contributed by atoms with Gasteiger partial charge in [0.15, 0.2) is 0 Å². The number of hydrogen-bond donors (Lipinski definition) is 1. The fourth-order valence-electron chi connectivity index (χ4n) is 2.66. The normalized spacial score (nSPS) is 26.4. The third kappa shape index (κ3) is 2.16. The van der Waals surface area contributed by atoms with E-state index in [0.29, 0.717) is 11.4 Å². The molecule has 2 heterocycles. The number of benzene rings is 1. The Hall–Kier alpha value is -0.380. The molecule has 0 unspecified atom stereocenters. The molecule has 1 aromatic carbocycles. The summed E-state index contributed by atoms with van der Waals surface area (Å²) in [6.07, 6.45) is 2.30. The summed E-state index contributed by atoms with van der Waals surface area (Å²) in [6.45, 7) is 0. The third-order valence-corrected chi connectivity index (χ3v) is 4.85. The van der Waals surface area contributed by atoms with Crippen LogP contribution in [-0.4, -0.2) is 22.2 Å². The van der Waals surface area contributed by atoms with E-state index in [4.69, 9.17) is 16.3 Å². The highest BCUT2D eigenvalue weighted by Crippen LogP contribution is 2.45. The molecule has 1 fully saturated rings. The molecule has 1 spiro atoms. The van der Waals surface area contributed by atoms with Gasteiger partial charge < -0.3 is 9.84 Å². The van der Waals surface area contributed by atoms with Gasteiger partial charge in [0.1, 0.15) is 11.4 Å². The minimum absolute atomic E-state index is 0.147. The second kappa shape index (κ2) is 4.38. The van der Waals surface area contributed by atoms with Gasteiger partial charge in [0.05, 0.1) is 6.10 Å². The predicted octanol–water partition coefficient (Wildman–Crippen LogP) is 3.42. The number of halogens is 1. The minimum Gasteiger partial charge on any atom is -0.487 e. The standard InChI is InChI=1S/C13H15ClO2S/c14-9-1-2-12-10(7-9)11(15)8-13(16-12)3-5-17-6-4-13/h1-2,7,11,15H,3-6,8H2/t11-/m0/s1. The van der Waals surface area contributed by atoms with E-state index in [1.54, 1.807) is 0 Å². The molecule has 2 aliphatic rings. The maximum absolute atomic E-state index is 10.3. The van der Waals surface area contributed by atoms with E-state index in [9.17, 15) is 5.11 Å². The van der Waals surface area contributed by atoms with Crippen LogP contribution in [0.25, 0.3) is 0 Å². The van der Waals surface area contributed by atoms with Gasteiger partial charge in [-0.05, 0) is 42.5 Å². The van der Waals surface area contributed by atoms with Crippen LogP contribution in [0.4, 0.5) is 0 Å². The summed E-state index contributed by atoms with van der Waals surface area (Å²) in [4.78, 5) is 0. The van der Waals surface area contributed by atoms with Gasteiger partial charge in [0.2, 0.25) is 0 Å². The number of hydrogen-bond acceptors (Lipinski definition) is 3. The first-order valence-corrected chi connectivity index (χ1v) is 7.46. The molecule has 0 bridgehead atoms. The van der Waals surface area contributed by atoms with Crippen molar-refractivity contribution < 1.29 is 9.84 Å². The Bertz CT molecular complexity index is 429. The van der Waals surface area contributed by atoms with Gasteiger partial charge in [0.25, 0.3) is 0 Å². The third-order valence-electron chi connectivity index (χ3n) is 3.63. The van der Waals surface area contributed by atoms with Gasteiger partial charge in [-0.2, -0.15) is 11.8 Å². The van der Waals surface area contributed by atoms with Crippen molar-refractivity contribution in [1.29, 1.82) is 0 Å². The van der Waals surface area contributed by atoms with E-state index >= 15 is 0 Å². The average Bonchev–Trinajstić information content (AvgIpc) is 2.31. The highest BCUT2D eigenvalue weighted by atomic mass is 35.5. The molecule has 1 saturated heterocycles. The summed E-state index contributed by atoms with van der Waals surface area (Å²) in [7, 11) is 0. The van der Waals surface area contributed by atoms with Gasteiger partial charge >= 0.3 is 0 Å². The predicted molar refractivity (Wildman–Crippen MR) is 70.9 cm³/mol. The Kier molecular flexibility index (Phi) is 3.01. The lowest BCUT2D eigenvalue weighted by Crippen LogP contribution is -2.44. The maximum Gasteiger partial charge on any atom is 0.126 e. The molecule has 1 aromatic rings. The van der Waals surface area contributed by atoms with Crippen LogP contribution in [0.1, 0.15) is 30.9 Å². The van der Waals surface area contributed by atoms with Gasteiger partial charge in [-0.25, -0.2) is 0 Å². The Balaban J connectivity index is 1.94. The molecular weight excluding hydrogens is 256 g/mol. The monoisotopic (exact) mass is 270 g/mol. The zero-order chi connectivity index (χ0) is 11.9. The van der Waals surface area contributed by atoms with Gasteiger partial charge in [-0.15, -0.1) is 0 Å². The van der Waals surface area contributed by atoms with Crippen molar-refractivity contribution in [3.63, 3.8) is 0 Å². The summed E-state index contributed by atoms with van der Waals surface area (Å²) < 4.78 is 6.15. The van der Waals surface area contributed by atoms with Crippen LogP contribution in [0.5, 0.6) is 5.75 Å². The van der Waals surface area contributed by atoms with Crippen LogP contribution in [-0.2, 0) is 0 Å². The van der Waals surface area contributed by atoms with E-state index in [1.165, 1.54) is 0 Å².